The van der Waals surface area contributed by atoms with E-state index >= 15 is 0 Å². The van der Waals surface area contributed by atoms with E-state index in [1.165, 1.54) is 21.3 Å². The van der Waals surface area contributed by atoms with Gasteiger partial charge in [0.25, 0.3) is 0 Å². The number of benzene rings is 2. The standard InChI is InChI=1S/C15H14ClFIN/c1-9-3-2-4-12(15(9)18)14(19)7-10-5-6-11(17)8-13(10)16/h2-6,8,14H,7,19H2,1H3. The Hall–Kier alpha value is -0.650. The topological polar surface area (TPSA) is 26.0 Å². The van der Waals surface area contributed by atoms with Gasteiger partial charge in [-0.3, -0.25) is 0 Å². The highest BCUT2D eigenvalue weighted by Gasteiger charge is 2.13. The highest BCUT2D eigenvalue weighted by molar-refractivity contribution is 14.1. The highest BCUT2D eigenvalue weighted by atomic mass is 127. The summed E-state index contributed by atoms with van der Waals surface area (Å²) in [7, 11) is 0. The smallest absolute Gasteiger partial charge is 0.124 e. The molecular weight excluding hydrogens is 376 g/mol. The van der Waals surface area contributed by atoms with Crippen molar-refractivity contribution >= 4 is 34.2 Å². The fourth-order valence-corrected chi connectivity index (χ4v) is 2.99. The van der Waals surface area contributed by atoms with Crippen molar-refractivity contribution in [2.24, 2.45) is 5.73 Å². The van der Waals surface area contributed by atoms with Gasteiger partial charge in [-0.25, -0.2) is 4.39 Å². The van der Waals surface area contributed by atoms with Gasteiger partial charge >= 0.3 is 0 Å². The number of hydrogen-bond donors (Lipinski definition) is 1. The Kier molecular flexibility index (Phi) is 4.81. The fourth-order valence-electron chi connectivity index (χ4n) is 1.99. The van der Waals surface area contributed by atoms with Gasteiger partial charge in [0.1, 0.15) is 5.82 Å². The van der Waals surface area contributed by atoms with Crippen LogP contribution in [0, 0.1) is 16.3 Å². The third kappa shape index (κ3) is 3.46. The van der Waals surface area contributed by atoms with Crippen LogP contribution < -0.4 is 5.73 Å². The summed E-state index contributed by atoms with van der Waals surface area (Å²) in [6, 6.07) is 10.4. The van der Waals surface area contributed by atoms with Gasteiger partial charge in [0.15, 0.2) is 0 Å². The van der Waals surface area contributed by atoms with Crippen LogP contribution in [0.4, 0.5) is 4.39 Å². The third-order valence-corrected chi connectivity index (χ3v) is 4.90. The average molecular weight is 390 g/mol. The highest BCUT2D eigenvalue weighted by Crippen LogP contribution is 2.27. The van der Waals surface area contributed by atoms with Gasteiger partial charge in [-0.15, -0.1) is 0 Å². The first-order valence-corrected chi connectivity index (χ1v) is 7.39. The molecule has 0 aromatic heterocycles. The minimum Gasteiger partial charge on any atom is -0.324 e. The lowest BCUT2D eigenvalue weighted by Gasteiger charge is -2.16. The molecule has 0 aliphatic carbocycles. The molecular formula is C15H14ClFIN. The average Bonchev–Trinajstić information content (AvgIpc) is 2.36. The molecule has 4 heteroatoms. The lowest BCUT2D eigenvalue weighted by Crippen LogP contribution is -2.15. The summed E-state index contributed by atoms with van der Waals surface area (Å²) in [6.07, 6.45) is 0.596. The zero-order valence-corrected chi connectivity index (χ0v) is 13.4. The molecule has 2 rings (SSSR count). The molecule has 0 saturated heterocycles. The van der Waals surface area contributed by atoms with Crippen molar-refractivity contribution in [3.63, 3.8) is 0 Å². The maximum atomic E-state index is 13.0. The predicted molar refractivity (Wildman–Crippen MR) is 85.9 cm³/mol. The molecule has 19 heavy (non-hydrogen) atoms. The molecule has 0 saturated carbocycles. The number of hydrogen-bond acceptors (Lipinski definition) is 1. The second kappa shape index (κ2) is 6.20. The Morgan fingerprint density at radius 2 is 2.05 bits per heavy atom. The second-order valence-electron chi connectivity index (χ2n) is 4.52. The minimum atomic E-state index is -0.326. The van der Waals surface area contributed by atoms with Crippen molar-refractivity contribution in [2.75, 3.05) is 0 Å². The summed E-state index contributed by atoms with van der Waals surface area (Å²) in [5, 5.41) is 0.429. The minimum absolute atomic E-state index is 0.144. The molecule has 1 atom stereocenters. The summed E-state index contributed by atoms with van der Waals surface area (Å²) in [4.78, 5) is 0. The number of rotatable bonds is 3. The van der Waals surface area contributed by atoms with Crippen molar-refractivity contribution in [3.05, 3.63) is 67.5 Å². The maximum Gasteiger partial charge on any atom is 0.124 e. The zero-order chi connectivity index (χ0) is 14.0. The molecule has 2 N–H and O–H groups in total. The van der Waals surface area contributed by atoms with E-state index in [0.717, 1.165) is 11.1 Å². The molecule has 0 aliphatic heterocycles. The fraction of sp³-hybridized carbons (Fsp3) is 0.200. The van der Waals surface area contributed by atoms with Crippen LogP contribution in [0.2, 0.25) is 5.02 Å². The lowest BCUT2D eigenvalue weighted by molar-refractivity contribution is 0.625. The van der Waals surface area contributed by atoms with Crippen LogP contribution in [0.5, 0.6) is 0 Å². The quantitative estimate of drug-likeness (QED) is 0.761. The summed E-state index contributed by atoms with van der Waals surface area (Å²) < 4.78 is 14.2. The summed E-state index contributed by atoms with van der Waals surface area (Å²) >= 11 is 8.34. The first-order valence-electron chi connectivity index (χ1n) is 5.93. The lowest BCUT2D eigenvalue weighted by atomic mass is 9.98. The molecule has 100 valence electrons. The molecule has 2 aromatic rings. The number of nitrogens with two attached hydrogens (primary N) is 1. The summed E-state index contributed by atoms with van der Waals surface area (Å²) in [6.45, 7) is 2.06. The zero-order valence-electron chi connectivity index (χ0n) is 10.5. The summed E-state index contributed by atoms with van der Waals surface area (Å²) in [5.74, 6) is -0.326. The van der Waals surface area contributed by atoms with Crippen molar-refractivity contribution in [1.82, 2.24) is 0 Å². The number of halogens is 3. The van der Waals surface area contributed by atoms with Crippen LogP contribution in [0.15, 0.2) is 36.4 Å². The van der Waals surface area contributed by atoms with Crippen molar-refractivity contribution in [3.8, 4) is 0 Å². The Morgan fingerprint density at radius 3 is 2.74 bits per heavy atom. The largest absolute Gasteiger partial charge is 0.324 e. The normalized spacial score (nSPS) is 12.5. The van der Waals surface area contributed by atoms with E-state index in [4.69, 9.17) is 17.3 Å². The van der Waals surface area contributed by atoms with Gasteiger partial charge in [0.05, 0.1) is 0 Å². The molecule has 0 amide bonds. The van der Waals surface area contributed by atoms with Crippen molar-refractivity contribution < 1.29 is 4.39 Å². The summed E-state index contributed by atoms with van der Waals surface area (Å²) in [5.41, 5.74) is 9.42. The molecule has 0 heterocycles. The van der Waals surface area contributed by atoms with Crippen molar-refractivity contribution in [1.29, 1.82) is 0 Å². The van der Waals surface area contributed by atoms with E-state index in [-0.39, 0.29) is 11.9 Å². The molecule has 1 nitrogen and oxygen atoms in total. The van der Waals surface area contributed by atoms with Crippen LogP contribution in [-0.4, -0.2) is 0 Å². The van der Waals surface area contributed by atoms with Gasteiger partial charge in [0, 0.05) is 14.6 Å². The SMILES string of the molecule is Cc1cccc(C(N)Cc2ccc(F)cc2Cl)c1I. The van der Waals surface area contributed by atoms with Gasteiger partial charge < -0.3 is 5.73 Å². The van der Waals surface area contributed by atoms with E-state index in [1.54, 1.807) is 6.07 Å². The van der Waals surface area contributed by atoms with Crippen molar-refractivity contribution in [2.45, 2.75) is 19.4 Å². The first kappa shape index (κ1) is 14.8. The maximum absolute atomic E-state index is 13.0. The van der Waals surface area contributed by atoms with E-state index in [2.05, 4.69) is 35.6 Å². The monoisotopic (exact) mass is 389 g/mol. The molecule has 0 radical (unpaired) electrons. The van der Waals surface area contributed by atoms with E-state index in [0.29, 0.717) is 11.4 Å². The number of aryl methyl sites for hydroxylation is 1. The molecule has 0 fully saturated rings. The Bertz CT molecular complexity index is 601. The molecule has 0 spiro atoms. The Morgan fingerprint density at radius 1 is 1.32 bits per heavy atom. The van der Waals surface area contributed by atoms with E-state index in [1.807, 2.05) is 12.1 Å². The van der Waals surface area contributed by atoms with Gasteiger partial charge in [-0.05, 0) is 64.8 Å². The van der Waals surface area contributed by atoms with Gasteiger partial charge in [-0.1, -0.05) is 35.9 Å². The van der Waals surface area contributed by atoms with E-state index < -0.39 is 0 Å². The van der Waals surface area contributed by atoms with Crippen LogP contribution in [-0.2, 0) is 6.42 Å². The van der Waals surface area contributed by atoms with Crippen LogP contribution in [0.1, 0.15) is 22.7 Å². The molecule has 0 bridgehead atoms. The van der Waals surface area contributed by atoms with E-state index in [9.17, 15) is 4.39 Å². The third-order valence-electron chi connectivity index (χ3n) is 3.08. The Balaban J connectivity index is 2.25. The van der Waals surface area contributed by atoms with Crippen LogP contribution in [0.3, 0.4) is 0 Å². The second-order valence-corrected chi connectivity index (χ2v) is 6.01. The van der Waals surface area contributed by atoms with Crippen LogP contribution in [0.25, 0.3) is 0 Å². The molecule has 1 unspecified atom stereocenters. The molecule has 0 aliphatic rings. The van der Waals surface area contributed by atoms with Gasteiger partial charge in [0.2, 0.25) is 0 Å². The predicted octanol–water partition coefficient (Wildman–Crippen LogP) is 4.63. The molecule has 2 aromatic carbocycles. The van der Waals surface area contributed by atoms with Crippen LogP contribution >= 0.6 is 34.2 Å². The van der Waals surface area contributed by atoms with Gasteiger partial charge in [-0.2, -0.15) is 0 Å². The first-order chi connectivity index (χ1) is 8.99. The Labute approximate surface area is 131 Å².